The number of carbonyl (C=O) groups is 1. The predicted octanol–water partition coefficient (Wildman–Crippen LogP) is 3.35. The van der Waals surface area contributed by atoms with Crippen molar-refractivity contribution in [3.63, 3.8) is 0 Å². The number of thiazole rings is 1. The number of rotatable bonds is 6. The quantitative estimate of drug-likeness (QED) is 0.329. The first kappa shape index (κ1) is 20.5. The lowest BCUT2D eigenvalue weighted by Crippen LogP contribution is -2.16. The van der Waals surface area contributed by atoms with Crippen molar-refractivity contribution in [2.24, 2.45) is 4.99 Å². The summed E-state index contributed by atoms with van der Waals surface area (Å²) in [6.45, 7) is 3.86. The van der Waals surface area contributed by atoms with E-state index in [1.165, 1.54) is 24.3 Å². The minimum absolute atomic E-state index is 0.137. The van der Waals surface area contributed by atoms with Gasteiger partial charge >= 0.3 is 0 Å². The number of hydrogen-bond donors (Lipinski definition) is 0. The molecule has 12 nitrogen and oxygen atoms in total. The third-order valence-corrected chi connectivity index (χ3v) is 5.00. The summed E-state index contributed by atoms with van der Waals surface area (Å²) in [4.78, 5) is 47.5. The molecule has 1 amide bonds. The summed E-state index contributed by atoms with van der Waals surface area (Å²) in [5.41, 5.74) is -1.13. The van der Waals surface area contributed by atoms with Crippen LogP contribution in [-0.2, 0) is 6.54 Å². The Hall–Kier alpha value is -4.26. The summed E-state index contributed by atoms with van der Waals surface area (Å²) in [5, 5.41) is 33.0. The molecule has 3 aromatic rings. The van der Waals surface area contributed by atoms with Crippen LogP contribution >= 0.6 is 11.3 Å². The maximum absolute atomic E-state index is 12.6. The van der Waals surface area contributed by atoms with Crippen molar-refractivity contribution in [2.45, 2.75) is 6.54 Å². The van der Waals surface area contributed by atoms with Crippen LogP contribution in [0.25, 0.3) is 10.2 Å². The molecule has 0 saturated heterocycles. The molecule has 0 bridgehead atoms. The lowest BCUT2D eigenvalue weighted by molar-refractivity contribution is -0.394. The molecule has 0 aliphatic heterocycles. The molecule has 13 heteroatoms. The highest BCUT2D eigenvalue weighted by molar-refractivity contribution is 7.16. The molecule has 0 unspecified atom stereocenters. The Morgan fingerprint density at radius 2 is 1.60 bits per heavy atom. The Balaban J connectivity index is 2.18. The molecular formula is C17H11N5O7S. The van der Waals surface area contributed by atoms with Crippen molar-refractivity contribution in [3.05, 3.63) is 89.8 Å². The highest BCUT2D eigenvalue weighted by Gasteiger charge is 2.20. The number of nitro benzene ring substituents is 3. The Bertz CT molecular complexity index is 1280. The highest BCUT2D eigenvalue weighted by atomic mass is 32.1. The van der Waals surface area contributed by atoms with Crippen LogP contribution in [0.2, 0.25) is 0 Å². The number of fused-ring (bicyclic) bond motifs is 1. The van der Waals surface area contributed by atoms with E-state index in [-0.39, 0.29) is 22.6 Å². The van der Waals surface area contributed by atoms with Crippen molar-refractivity contribution in [1.82, 2.24) is 4.57 Å². The number of benzene rings is 2. The van der Waals surface area contributed by atoms with Gasteiger partial charge in [0.2, 0.25) is 0 Å². The highest BCUT2D eigenvalue weighted by Crippen LogP contribution is 2.25. The number of nitrogens with zero attached hydrogens (tertiary/aromatic N) is 5. The first-order valence-electron chi connectivity index (χ1n) is 8.13. The Labute approximate surface area is 170 Å². The molecule has 0 N–H and O–H groups in total. The van der Waals surface area contributed by atoms with Crippen molar-refractivity contribution < 1.29 is 19.6 Å². The predicted molar refractivity (Wildman–Crippen MR) is 106 cm³/mol. The van der Waals surface area contributed by atoms with Gasteiger partial charge in [0.25, 0.3) is 23.0 Å². The van der Waals surface area contributed by atoms with Crippen LogP contribution in [0, 0.1) is 30.3 Å². The normalized spacial score (nSPS) is 11.4. The number of aromatic nitrogens is 1. The lowest BCUT2D eigenvalue weighted by atomic mass is 10.1. The lowest BCUT2D eigenvalue weighted by Gasteiger charge is -2.01. The van der Waals surface area contributed by atoms with Crippen molar-refractivity contribution in [2.75, 3.05) is 0 Å². The number of non-ortho nitro benzene ring substituents is 3. The minimum atomic E-state index is -0.930. The summed E-state index contributed by atoms with van der Waals surface area (Å²) in [7, 11) is 0. The zero-order valence-corrected chi connectivity index (χ0v) is 15.8. The first-order chi connectivity index (χ1) is 14.2. The fourth-order valence-corrected chi connectivity index (χ4v) is 3.72. The molecule has 0 fully saturated rings. The van der Waals surface area contributed by atoms with Crippen molar-refractivity contribution >= 4 is 44.5 Å². The van der Waals surface area contributed by atoms with E-state index in [4.69, 9.17) is 0 Å². The maximum atomic E-state index is 12.6. The summed E-state index contributed by atoms with van der Waals surface area (Å²) >= 11 is 0.995. The van der Waals surface area contributed by atoms with Crippen LogP contribution in [0.1, 0.15) is 10.4 Å². The fourth-order valence-electron chi connectivity index (χ4n) is 2.65. The fraction of sp³-hybridized carbons (Fsp3) is 0.0588. The molecule has 0 aliphatic rings. The summed E-state index contributed by atoms with van der Waals surface area (Å²) in [5.74, 6) is -0.930. The Morgan fingerprint density at radius 1 is 1.00 bits per heavy atom. The second kappa shape index (κ2) is 8.00. The summed E-state index contributed by atoms with van der Waals surface area (Å²) < 4.78 is 2.07. The molecule has 152 valence electrons. The van der Waals surface area contributed by atoms with Crippen LogP contribution in [-0.4, -0.2) is 25.2 Å². The van der Waals surface area contributed by atoms with Gasteiger partial charge in [-0.05, 0) is 6.07 Å². The smallest absolute Gasteiger partial charge is 0.280 e. The minimum Gasteiger partial charge on any atom is -0.312 e. The van der Waals surface area contributed by atoms with E-state index in [9.17, 15) is 35.1 Å². The van der Waals surface area contributed by atoms with Crippen LogP contribution < -0.4 is 4.80 Å². The molecule has 30 heavy (non-hydrogen) atoms. The van der Waals surface area contributed by atoms with E-state index in [1.807, 2.05) is 0 Å². The second-order valence-corrected chi connectivity index (χ2v) is 6.87. The van der Waals surface area contributed by atoms with E-state index in [1.54, 1.807) is 4.57 Å². The number of carbonyl (C=O) groups excluding carboxylic acids is 1. The van der Waals surface area contributed by atoms with E-state index in [2.05, 4.69) is 11.6 Å². The van der Waals surface area contributed by atoms with E-state index in [0.717, 1.165) is 29.5 Å². The topological polar surface area (TPSA) is 164 Å². The SMILES string of the molecule is C=CCn1c(=NC(=O)c2cc([N+](=O)[O-])cc([N+](=O)[O-])c2)sc2cc([N+](=O)[O-])ccc21. The third kappa shape index (κ3) is 3.95. The van der Waals surface area contributed by atoms with Gasteiger partial charge in [0.15, 0.2) is 4.80 Å². The van der Waals surface area contributed by atoms with Crippen LogP contribution in [0.3, 0.4) is 0 Å². The van der Waals surface area contributed by atoms with Gasteiger partial charge in [-0.3, -0.25) is 35.1 Å². The molecule has 0 atom stereocenters. The molecule has 0 aliphatic carbocycles. The standard InChI is InChI=1S/C17H11N5O7S/c1-2-5-19-14-4-3-11(20(24)25)9-15(14)30-17(19)18-16(23)10-6-12(21(26)27)8-13(7-10)22(28)29/h2-4,6-9H,1,5H2. The van der Waals surface area contributed by atoms with Gasteiger partial charge in [-0.1, -0.05) is 17.4 Å². The van der Waals surface area contributed by atoms with E-state index >= 15 is 0 Å². The van der Waals surface area contributed by atoms with Gasteiger partial charge in [-0.25, -0.2) is 0 Å². The Morgan fingerprint density at radius 3 is 2.13 bits per heavy atom. The van der Waals surface area contributed by atoms with E-state index in [0.29, 0.717) is 10.2 Å². The first-order valence-corrected chi connectivity index (χ1v) is 8.94. The van der Waals surface area contributed by atoms with Gasteiger partial charge in [-0.2, -0.15) is 4.99 Å². The average molecular weight is 429 g/mol. The van der Waals surface area contributed by atoms with Crippen molar-refractivity contribution in [1.29, 1.82) is 0 Å². The molecule has 0 spiro atoms. The number of allylic oxidation sites excluding steroid dienone is 1. The average Bonchev–Trinajstić information content (AvgIpc) is 3.04. The van der Waals surface area contributed by atoms with Gasteiger partial charge in [-0.15, -0.1) is 6.58 Å². The molecule has 0 radical (unpaired) electrons. The monoisotopic (exact) mass is 429 g/mol. The van der Waals surface area contributed by atoms with Gasteiger partial charge in [0, 0.05) is 30.8 Å². The molecule has 1 aromatic heterocycles. The van der Waals surface area contributed by atoms with Gasteiger partial charge in [0.1, 0.15) is 0 Å². The van der Waals surface area contributed by atoms with Crippen molar-refractivity contribution in [3.8, 4) is 0 Å². The summed E-state index contributed by atoms with van der Waals surface area (Å²) in [6, 6.07) is 6.69. The van der Waals surface area contributed by atoms with Gasteiger partial charge < -0.3 is 4.57 Å². The van der Waals surface area contributed by atoms with Gasteiger partial charge in [0.05, 0.1) is 36.6 Å². The largest absolute Gasteiger partial charge is 0.312 e. The van der Waals surface area contributed by atoms with Crippen LogP contribution in [0.5, 0.6) is 0 Å². The molecule has 2 aromatic carbocycles. The maximum Gasteiger partial charge on any atom is 0.280 e. The Kier molecular flexibility index (Phi) is 5.46. The molecule has 0 saturated carbocycles. The zero-order chi connectivity index (χ0) is 22.0. The van der Waals surface area contributed by atoms with Crippen LogP contribution in [0.4, 0.5) is 17.1 Å². The zero-order valence-electron chi connectivity index (χ0n) is 15.0. The molecular weight excluding hydrogens is 418 g/mol. The number of amides is 1. The third-order valence-electron chi connectivity index (χ3n) is 3.96. The summed E-state index contributed by atoms with van der Waals surface area (Å²) in [6.07, 6.45) is 1.54. The number of nitro groups is 3. The molecule has 3 rings (SSSR count). The molecule has 1 heterocycles. The van der Waals surface area contributed by atoms with E-state index < -0.39 is 32.1 Å². The second-order valence-electron chi connectivity index (χ2n) is 5.86. The number of hydrogen-bond acceptors (Lipinski definition) is 8. The van der Waals surface area contributed by atoms with Crippen LogP contribution in [0.15, 0.2) is 54.0 Å².